The number of benzene rings is 2. The highest BCUT2D eigenvalue weighted by Gasteiger charge is 2.33. The smallest absolute Gasteiger partial charge is 0.255 e. The van der Waals surface area contributed by atoms with Crippen molar-refractivity contribution in [3.63, 3.8) is 0 Å². The monoisotopic (exact) mass is 439 g/mol. The molecular weight excluding hydrogens is 422 g/mol. The molecule has 2 aromatic carbocycles. The molecule has 28 heavy (non-hydrogen) atoms. The van der Waals surface area contributed by atoms with Crippen LogP contribution in [0, 0.1) is 0 Å². The maximum atomic E-state index is 13.2. The van der Waals surface area contributed by atoms with Gasteiger partial charge in [0.1, 0.15) is 18.1 Å². The number of aromatic nitrogens is 3. The SMILES string of the molecule is COc1ccc([C@H]2C(C(=O)Nc3ccccc3)=C(C)Nc3ncnn32)cc1Br. The highest BCUT2D eigenvalue weighted by atomic mass is 79.9. The number of methoxy groups -OCH3 is 1. The Morgan fingerprint density at radius 1 is 1.25 bits per heavy atom. The van der Waals surface area contributed by atoms with E-state index in [0.717, 1.165) is 21.4 Å². The molecule has 142 valence electrons. The van der Waals surface area contributed by atoms with Gasteiger partial charge in [-0.3, -0.25) is 4.79 Å². The first-order valence-corrected chi connectivity index (χ1v) is 9.45. The van der Waals surface area contributed by atoms with Crippen molar-refractivity contribution >= 4 is 33.5 Å². The normalized spacial score (nSPS) is 15.6. The van der Waals surface area contributed by atoms with E-state index in [9.17, 15) is 4.79 Å². The molecular formula is C20H18BrN5O2. The zero-order valence-corrected chi connectivity index (χ0v) is 16.9. The van der Waals surface area contributed by atoms with Crippen molar-refractivity contribution in [2.45, 2.75) is 13.0 Å². The van der Waals surface area contributed by atoms with Crippen LogP contribution in [0.2, 0.25) is 0 Å². The summed E-state index contributed by atoms with van der Waals surface area (Å²) in [6.07, 6.45) is 1.47. The minimum absolute atomic E-state index is 0.200. The van der Waals surface area contributed by atoms with Crippen LogP contribution in [0.1, 0.15) is 18.5 Å². The standard InChI is InChI=1S/C20H18BrN5O2/c1-12-17(19(27)25-14-6-4-3-5-7-14)18(26-20(24-12)22-11-23-26)13-8-9-16(28-2)15(21)10-13/h3-11,18H,1-2H3,(H,25,27)(H,22,23,24)/t18-/m0/s1. The van der Waals surface area contributed by atoms with E-state index in [-0.39, 0.29) is 5.91 Å². The van der Waals surface area contributed by atoms with Crippen molar-refractivity contribution < 1.29 is 9.53 Å². The summed E-state index contributed by atoms with van der Waals surface area (Å²) < 4.78 is 7.84. The third kappa shape index (κ3) is 3.27. The molecule has 0 unspecified atom stereocenters. The number of amides is 1. The molecule has 7 nitrogen and oxygen atoms in total. The topological polar surface area (TPSA) is 81.1 Å². The number of nitrogens with zero attached hydrogens (tertiary/aromatic N) is 3. The lowest BCUT2D eigenvalue weighted by molar-refractivity contribution is -0.113. The highest BCUT2D eigenvalue weighted by Crippen LogP contribution is 2.37. The van der Waals surface area contributed by atoms with Crippen LogP contribution in [-0.2, 0) is 4.79 Å². The van der Waals surface area contributed by atoms with Crippen molar-refractivity contribution in [1.29, 1.82) is 0 Å². The van der Waals surface area contributed by atoms with E-state index in [1.807, 2.05) is 55.5 Å². The van der Waals surface area contributed by atoms with E-state index in [2.05, 4.69) is 36.6 Å². The zero-order chi connectivity index (χ0) is 19.7. The van der Waals surface area contributed by atoms with Gasteiger partial charge in [-0.1, -0.05) is 24.3 Å². The van der Waals surface area contributed by atoms with E-state index >= 15 is 0 Å². The number of fused-ring (bicyclic) bond motifs is 1. The first-order valence-electron chi connectivity index (χ1n) is 8.65. The molecule has 0 saturated carbocycles. The van der Waals surface area contributed by atoms with Gasteiger partial charge in [0, 0.05) is 11.4 Å². The molecule has 1 aromatic heterocycles. The maximum absolute atomic E-state index is 13.2. The second-order valence-electron chi connectivity index (χ2n) is 6.31. The predicted octanol–water partition coefficient (Wildman–Crippen LogP) is 3.98. The minimum Gasteiger partial charge on any atom is -0.496 e. The number of nitrogens with one attached hydrogen (secondary N) is 2. The number of hydrogen-bond acceptors (Lipinski definition) is 5. The molecule has 1 atom stereocenters. The summed E-state index contributed by atoms with van der Waals surface area (Å²) in [7, 11) is 1.61. The molecule has 4 rings (SSSR count). The lowest BCUT2D eigenvalue weighted by Crippen LogP contribution is -2.31. The van der Waals surface area contributed by atoms with Crippen molar-refractivity contribution in [2.24, 2.45) is 0 Å². The third-order valence-electron chi connectivity index (χ3n) is 4.56. The molecule has 1 aliphatic rings. The molecule has 0 aliphatic carbocycles. The summed E-state index contributed by atoms with van der Waals surface area (Å²) >= 11 is 3.53. The van der Waals surface area contributed by atoms with Gasteiger partial charge in [0.15, 0.2) is 0 Å². The minimum atomic E-state index is -0.426. The van der Waals surface area contributed by atoms with Crippen LogP contribution < -0.4 is 15.4 Å². The summed E-state index contributed by atoms with van der Waals surface area (Å²) in [4.78, 5) is 17.4. The van der Waals surface area contributed by atoms with Gasteiger partial charge in [-0.2, -0.15) is 10.1 Å². The number of hydrogen-bond donors (Lipinski definition) is 2. The first-order chi connectivity index (χ1) is 13.6. The van der Waals surface area contributed by atoms with Crippen molar-refractivity contribution in [3.8, 4) is 5.75 Å². The van der Waals surface area contributed by atoms with Gasteiger partial charge in [0.05, 0.1) is 17.2 Å². The Labute approximate surface area is 170 Å². The van der Waals surface area contributed by atoms with Crippen LogP contribution in [0.4, 0.5) is 11.6 Å². The van der Waals surface area contributed by atoms with E-state index in [0.29, 0.717) is 17.3 Å². The molecule has 1 aliphatic heterocycles. The van der Waals surface area contributed by atoms with E-state index in [4.69, 9.17) is 4.74 Å². The van der Waals surface area contributed by atoms with Gasteiger partial charge in [0.2, 0.25) is 5.95 Å². The van der Waals surface area contributed by atoms with E-state index in [1.54, 1.807) is 11.8 Å². The van der Waals surface area contributed by atoms with Crippen LogP contribution in [0.15, 0.2) is 70.6 Å². The molecule has 8 heteroatoms. The summed E-state index contributed by atoms with van der Waals surface area (Å²) in [5.41, 5.74) is 2.91. The fourth-order valence-corrected chi connectivity index (χ4v) is 3.82. The van der Waals surface area contributed by atoms with Gasteiger partial charge in [-0.05, 0) is 52.7 Å². The number of rotatable bonds is 4. The van der Waals surface area contributed by atoms with Crippen LogP contribution >= 0.6 is 15.9 Å². The highest BCUT2D eigenvalue weighted by molar-refractivity contribution is 9.10. The molecule has 0 bridgehead atoms. The Hall–Kier alpha value is -3.13. The summed E-state index contributed by atoms with van der Waals surface area (Å²) in [5, 5.41) is 10.5. The fourth-order valence-electron chi connectivity index (χ4n) is 3.27. The predicted molar refractivity (Wildman–Crippen MR) is 110 cm³/mol. The van der Waals surface area contributed by atoms with Crippen molar-refractivity contribution in [3.05, 3.63) is 76.2 Å². The van der Waals surface area contributed by atoms with Crippen LogP contribution in [0.5, 0.6) is 5.75 Å². The Bertz CT molecular complexity index is 1060. The van der Waals surface area contributed by atoms with E-state index in [1.165, 1.54) is 6.33 Å². The number of allylic oxidation sites excluding steroid dienone is 1. The zero-order valence-electron chi connectivity index (χ0n) is 15.3. The number of carbonyl (C=O) groups excluding carboxylic acids is 1. The van der Waals surface area contributed by atoms with Gasteiger partial charge in [-0.25, -0.2) is 4.68 Å². The number of para-hydroxylation sites is 1. The Morgan fingerprint density at radius 2 is 2.04 bits per heavy atom. The first kappa shape index (κ1) is 18.2. The van der Waals surface area contributed by atoms with Crippen LogP contribution in [0.3, 0.4) is 0 Å². The lowest BCUT2D eigenvalue weighted by Gasteiger charge is -2.29. The quantitative estimate of drug-likeness (QED) is 0.642. The van der Waals surface area contributed by atoms with Gasteiger partial charge in [0.25, 0.3) is 5.91 Å². The average Bonchev–Trinajstić information content (AvgIpc) is 3.15. The van der Waals surface area contributed by atoms with Crippen molar-refractivity contribution in [1.82, 2.24) is 14.8 Å². The third-order valence-corrected chi connectivity index (χ3v) is 5.18. The second-order valence-corrected chi connectivity index (χ2v) is 7.16. The number of halogens is 1. The lowest BCUT2D eigenvalue weighted by atomic mass is 9.95. The number of carbonyl (C=O) groups is 1. The molecule has 0 radical (unpaired) electrons. The molecule has 0 saturated heterocycles. The maximum Gasteiger partial charge on any atom is 0.255 e. The molecule has 2 heterocycles. The average molecular weight is 440 g/mol. The molecule has 0 fully saturated rings. The summed E-state index contributed by atoms with van der Waals surface area (Å²) in [6.45, 7) is 1.86. The fraction of sp³-hybridized carbons (Fsp3) is 0.150. The summed E-state index contributed by atoms with van der Waals surface area (Å²) in [6, 6.07) is 14.7. The number of ether oxygens (including phenoxy) is 1. The molecule has 2 N–H and O–H groups in total. The summed E-state index contributed by atoms with van der Waals surface area (Å²) in [5.74, 6) is 1.10. The molecule has 3 aromatic rings. The van der Waals surface area contributed by atoms with Gasteiger partial charge < -0.3 is 15.4 Å². The van der Waals surface area contributed by atoms with Crippen LogP contribution in [-0.4, -0.2) is 27.8 Å². The van der Waals surface area contributed by atoms with Crippen LogP contribution in [0.25, 0.3) is 0 Å². The van der Waals surface area contributed by atoms with Crippen molar-refractivity contribution in [2.75, 3.05) is 17.7 Å². The Balaban J connectivity index is 1.78. The molecule has 0 spiro atoms. The van der Waals surface area contributed by atoms with Gasteiger partial charge >= 0.3 is 0 Å². The Kier molecular flexibility index (Phi) is 4.87. The number of anilines is 2. The van der Waals surface area contributed by atoms with E-state index < -0.39 is 6.04 Å². The Morgan fingerprint density at radius 3 is 2.75 bits per heavy atom. The second kappa shape index (κ2) is 7.47. The largest absolute Gasteiger partial charge is 0.496 e. The van der Waals surface area contributed by atoms with Gasteiger partial charge in [-0.15, -0.1) is 0 Å². The molecule has 1 amide bonds.